The molecule has 1 rings (SSSR count). The number of thiol groups is 1. The van der Waals surface area contributed by atoms with Crippen molar-refractivity contribution in [2.24, 2.45) is 0 Å². The molecule has 1 saturated heterocycles. The maximum atomic E-state index is 10.3. The van der Waals surface area contributed by atoms with Gasteiger partial charge in [-0.1, -0.05) is 0 Å². The lowest BCUT2D eigenvalue weighted by Gasteiger charge is -2.39. The van der Waals surface area contributed by atoms with E-state index in [1.807, 2.05) is 4.72 Å². The van der Waals surface area contributed by atoms with Crippen molar-refractivity contribution in [3.63, 3.8) is 0 Å². The summed E-state index contributed by atoms with van der Waals surface area (Å²) in [4.78, 5) is 0. The van der Waals surface area contributed by atoms with Crippen LogP contribution in [0.4, 0.5) is 0 Å². The second kappa shape index (κ2) is 5.16. The average molecular weight is 243 g/mol. The highest BCUT2D eigenvalue weighted by atomic mass is 32.2. The summed E-state index contributed by atoms with van der Waals surface area (Å²) in [5, 5.41) is 36.8. The zero-order chi connectivity index (χ0) is 11.6. The van der Waals surface area contributed by atoms with Crippen LogP contribution >= 0.6 is 0 Å². The zero-order valence-corrected chi connectivity index (χ0v) is 8.45. The van der Waals surface area contributed by atoms with E-state index in [2.05, 4.69) is 0 Å². The third-order valence-electron chi connectivity index (χ3n) is 2.15. The van der Waals surface area contributed by atoms with Gasteiger partial charge in [-0.25, -0.2) is 13.1 Å². The Bertz CT molecular complexity index is 275. The van der Waals surface area contributed by atoms with Gasteiger partial charge < -0.3 is 25.2 Å². The van der Waals surface area contributed by atoms with Crippen LogP contribution in [-0.4, -0.2) is 66.1 Å². The van der Waals surface area contributed by atoms with Crippen LogP contribution in [0.3, 0.4) is 0 Å². The fourth-order valence-electron chi connectivity index (χ4n) is 1.36. The van der Waals surface area contributed by atoms with Gasteiger partial charge in [-0.3, -0.25) is 0 Å². The van der Waals surface area contributed by atoms with Gasteiger partial charge in [0.2, 0.25) is 10.9 Å². The molecule has 1 fully saturated rings. The summed E-state index contributed by atoms with van der Waals surface area (Å²) in [5.74, 6) is 0. The predicted octanol–water partition coefficient (Wildman–Crippen LogP) is -4.10. The van der Waals surface area contributed by atoms with Crippen molar-refractivity contribution >= 4 is 10.9 Å². The fourth-order valence-corrected chi connectivity index (χ4v) is 1.88. The van der Waals surface area contributed by atoms with Crippen LogP contribution in [0.5, 0.6) is 0 Å². The summed E-state index contributed by atoms with van der Waals surface area (Å²) in [5.41, 5.74) is 0. The molecule has 0 spiro atoms. The van der Waals surface area contributed by atoms with Gasteiger partial charge in [0.15, 0.2) is 6.29 Å². The first-order valence-electron chi connectivity index (χ1n) is 4.18. The molecule has 1 aliphatic heterocycles. The molecule has 0 aromatic heterocycles. The molecule has 1 heterocycles. The van der Waals surface area contributed by atoms with E-state index in [9.17, 15) is 23.7 Å². The molecule has 1 aliphatic rings. The topological polar surface area (TPSA) is 136 Å². The van der Waals surface area contributed by atoms with E-state index in [0.29, 0.717) is 0 Å². The normalized spacial score (nSPS) is 42.1. The lowest BCUT2D eigenvalue weighted by molar-refractivity contribution is -0.251. The van der Waals surface area contributed by atoms with Crippen LogP contribution in [0.15, 0.2) is 0 Å². The molecule has 8 nitrogen and oxygen atoms in total. The first kappa shape index (κ1) is 12.8. The Hall–Kier alpha value is -0.290. The molecule has 1 unspecified atom stereocenters. The van der Waals surface area contributed by atoms with E-state index in [4.69, 9.17) is 9.84 Å². The molecule has 5 atom stereocenters. The molecule has 9 heteroatoms. The monoisotopic (exact) mass is 243 g/mol. The molecule has 0 amide bonds. The van der Waals surface area contributed by atoms with E-state index >= 15 is 0 Å². The highest BCUT2D eigenvalue weighted by Crippen LogP contribution is 2.19. The third kappa shape index (κ3) is 2.84. The molecule has 0 bridgehead atoms. The number of nitrogens with one attached hydrogen (secondary N) is 1. The van der Waals surface area contributed by atoms with Gasteiger partial charge >= 0.3 is 0 Å². The number of hydrogen-bond donors (Lipinski definition) is 6. The Morgan fingerprint density at radius 2 is 1.80 bits per heavy atom. The highest BCUT2D eigenvalue weighted by molar-refractivity contribution is 7.70. The predicted molar refractivity (Wildman–Crippen MR) is 47.2 cm³/mol. The van der Waals surface area contributed by atoms with Crippen molar-refractivity contribution in [1.29, 1.82) is 0 Å². The Morgan fingerprint density at radius 1 is 1.20 bits per heavy atom. The number of rotatable bonds is 3. The molecule has 90 valence electrons. The van der Waals surface area contributed by atoms with Crippen LogP contribution in [0.2, 0.25) is 0 Å². The van der Waals surface area contributed by atoms with E-state index in [-0.39, 0.29) is 0 Å². The van der Waals surface area contributed by atoms with Crippen molar-refractivity contribution in [3.8, 4) is 0 Å². The Morgan fingerprint density at radius 3 is 2.27 bits per heavy atom. The van der Waals surface area contributed by atoms with Crippen molar-refractivity contribution < 1.29 is 33.6 Å². The summed E-state index contributed by atoms with van der Waals surface area (Å²) in [6.45, 7) is -0.592. The number of ether oxygens (including phenoxy) is 1. The third-order valence-corrected chi connectivity index (χ3v) is 2.66. The Balaban J connectivity index is 2.74. The highest BCUT2D eigenvalue weighted by Gasteiger charge is 2.43. The first-order chi connectivity index (χ1) is 6.97. The van der Waals surface area contributed by atoms with Crippen LogP contribution in [-0.2, 0) is 15.6 Å². The molecule has 0 aromatic rings. The van der Waals surface area contributed by atoms with Gasteiger partial charge in [0.25, 0.3) is 0 Å². The van der Waals surface area contributed by atoms with E-state index < -0.39 is 48.1 Å². The molecule has 15 heavy (non-hydrogen) atoms. The van der Waals surface area contributed by atoms with E-state index in [1.165, 1.54) is 0 Å². The first-order valence-corrected chi connectivity index (χ1v) is 5.36. The summed E-state index contributed by atoms with van der Waals surface area (Å²) >= 11 is 0. The molecule has 0 aliphatic carbocycles. The largest absolute Gasteiger partial charge is 0.394 e. The maximum absolute atomic E-state index is 10.3. The van der Waals surface area contributed by atoms with Crippen molar-refractivity contribution in [1.82, 2.24) is 4.72 Å². The Kier molecular flexibility index (Phi) is 4.40. The standard InChI is InChI=1S/C6H13NO7S/c8-1-2-4(9)5(10)3(6(11)14-2)7-15(12)13/h2-6,8-11,15H,1H2,(H,7,12,13)/t2-,3-,4-,5-,6?/m1/s1. The van der Waals surface area contributed by atoms with Crippen molar-refractivity contribution in [3.05, 3.63) is 0 Å². The number of aliphatic hydroxyl groups is 4. The van der Waals surface area contributed by atoms with Gasteiger partial charge in [0, 0.05) is 0 Å². The molecule has 0 radical (unpaired) electrons. The van der Waals surface area contributed by atoms with Crippen molar-refractivity contribution in [2.45, 2.75) is 30.6 Å². The summed E-state index contributed by atoms with van der Waals surface area (Å²) in [6, 6.07) is -1.34. The van der Waals surface area contributed by atoms with Gasteiger partial charge in [-0.15, -0.1) is 0 Å². The van der Waals surface area contributed by atoms with Crippen LogP contribution in [0.25, 0.3) is 0 Å². The minimum Gasteiger partial charge on any atom is -0.394 e. The smallest absolute Gasteiger partial charge is 0.201 e. The van der Waals surface area contributed by atoms with E-state index in [1.54, 1.807) is 0 Å². The van der Waals surface area contributed by atoms with Gasteiger partial charge in [-0.05, 0) is 0 Å². The molecule has 0 saturated carbocycles. The maximum Gasteiger partial charge on any atom is 0.201 e. The van der Waals surface area contributed by atoms with E-state index in [0.717, 1.165) is 0 Å². The lowest BCUT2D eigenvalue weighted by Crippen LogP contribution is -2.62. The quantitative estimate of drug-likeness (QED) is 0.277. The molecule has 0 aromatic carbocycles. The lowest BCUT2D eigenvalue weighted by atomic mass is 9.98. The van der Waals surface area contributed by atoms with Gasteiger partial charge in [-0.2, -0.15) is 0 Å². The second-order valence-corrected chi connectivity index (χ2v) is 3.91. The number of hydrogen-bond acceptors (Lipinski definition) is 7. The Labute approximate surface area is 87.2 Å². The number of aliphatic hydroxyl groups excluding tert-OH is 4. The molecule has 5 N–H and O–H groups in total. The van der Waals surface area contributed by atoms with Crippen molar-refractivity contribution in [2.75, 3.05) is 6.61 Å². The van der Waals surface area contributed by atoms with Gasteiger partial charge in [0.05, 0.1) is 6.61 Å². The summed E-state index contributed by atoms with van der Waals surface area (Å²) < 4.78 is 27.2. The summed E-state index contributed by atoms with van der Waals surface area (Å²) in [6.07, 6.45) is -5.77. The van der Waals surface area contributed by atoms with Crippen LogP contribution in [0, 0.1) is 0 Å². The minimum absolute atomic E-state index is 0.592. The van der Waals surface area contributed by atoms with Crippen LogP contribution < -0.4 is 4.72 Å². The summed E-state index contributed by atoms with van der Waals surface area (Å²) in [7, 11) is -3.04. The molecular formula is C6H13NO7S. The fraction of sp³-hybridized carbons (Fsp3) is 1.00. The second-order valence-electron chi connectivity index (χ2n) is 3.14. The average Bonchev–Trinajstić information content (AvgIpc) is 2.18. The van der Waals surface area contributed by atoms with Gasteiger partial charge in [0.1, 0.15) is 24.4 Å². The van der Waals surface area contributed by atoms with Crippen LogP contribution in [0.1, 0.15) is 0 Å². The SMILES string of the molecule is O=[SH](=O)N[C@H]1C(O)O[C@H](CO)[C@@H](O)[C@@H]1O. The minimum atomic E-state index is -3.04. The zero-order valence-electron chi connectivity index (χ0n) is 7.55. The molecular weight excluding hydrogens is 230 g/mol.